The van der Waals surface area contributed by atoms with E-state index < -0.39 is 8.07 Å². The molecule has 1 aromatic carbocycles. The van der Waals surface area contributed by atoms with E-state index in [9.17, 15) is 4.79 Å². The largest absolute Gasteiger partial charge is 0.450 e. The van der Waals surface area contributed by atoms with E-state index in [0.29, 0.717) is 13.2 Å². The number of carbonyl (C=O) groups is 1. The molecule has 6 nitrogen and oxygen atoms in total. The fraction of sp³-hybridized carbons (Fsp3) is 0.478. The van der Waals surface area contributed by atoms with E-state index in [1.165, 1.54) is 0 Å². The number of benzene rings is 1. The normalized spacial score (nSPS) is 15.7. The van der Waals surface area contributed by atoms with Gasteiger partial charge < -0.3 is 15.0 Å². The van der Waals surface area contributed by atoms with Gasteiger partial charge in [-0.25, -0.2) is 9.48 Å². The van der Waals surface area contributed by atoms with Crippen molar-refractivity contribution in [2.45, 2.75) is 46.0 Å². The Morgan fingerprint density at radius 1 is 1.23 bits per heavy atom. The smallest absolute Gasteiger partial charge is 0.407 e. The number of alkyl carbamates (subject to hydrolysis) is 1. The van der Waals surface area contributed by atoms with Crippen LogP contribution in [0.3, 0.4) is 0 Å². The highest BCUT2D eigenvalue weighted by atomic mass is 28.3. The van der Waals surface area contributed by atoms with E-state index in [1.54, 1.807) is 0 Å². The third kappa shape index (κ3) is 6.14. The number of unbranched alkanes of at least 4 members (excludes halogenated alkanes) is 1. The summed E-state index contributed by atoms with van der Waals surface area (Å²) in [6.45, 7) is 11.4. The first kappa shape index (κ1) is 22.0. The zero-order chi connectivity index (χ0) is 21.6. The van der Waals surface area contributed by atoms with Crippen LogP contribution in [0, 0.1) is 17.4 Å². The predicted octanol–water partition coefficient (Wildman–Crippen LogP) is 4.41. The maximum absolute atomic E-state index is 11.9. The first-order valence-corrected chi connectivity index (χ1v) is 14.2. The van der Waals surface area contributed by atoms with Crippen LogP contribution in [0.25, 0.3) is 0 Å². The van der Waals surface area contributed by atoms with E-state index in [2.05, 4.69) is 77.6 Å². The Hall–Kier alpha value is -2.72. The van der Waals surface area contributed by atoms with Crippen LogP contribution in [0.1, 0.15) is 25.3 Å². The number of ether oxygens (including phenoxy) is 1. The number of amides is 1. The molecule has 160 valence electrons. The molecule has 0 saturated heterocycles. The fourth-order valence-electron chi connectivity index (χ4n) is 3.29. The van der Waals surface area contributed by atoms with Crippen LogP contribution in [0.15, 0.2) is 36.5 Å². The lowest BCUT2D eigenvalue weighted by molar-refractivity contribution is 0.142. The van der Waals surface area contributed by atoms with Crippen molar-refractivity contribution in [3.8, 4) is 11.5 Å². The Labute approximate surface area is 180 Å². The molecule has 1 aromatic heterocycles. The maximum Gasteiger partial charge on any atom is 0.407 e. The molecule has 1 aliphatic rings. The minimum atomic E-state index is -1.39. The van der Waals surface area contributed by atoms with Crippen molar-refractivity contribution in [1.82, 2.24) is 15.1 Å². The molecule has 1 atom stereocenters. The van der Waals surface area contributed by atoms with Crippen LogP contribution in [0.4, 0.5) is 16.3 Å². The summed E-state index contributed by atoms with van der Waals surface area (Å²) in [5.74, 6) is 4.61. The first-order valence-electron chi connectivity index (χ1n) is 10.7. The topological polar surface area (TPSA) is 59.4 Å². The molecule has 3 rings (SSSR count). The van der Waals surface area contributed by atoms with E-state index in [-0.39, 0.29) is 12.0 Å². The SMILES string of the molecule is CCCCOC(=O)NCC1CN(c2ccc(C#C[Si](C)(C)C)cc2)c2ccnn2C1. The standard InChI is InChI=1S/C23H32N4O2Si/c1-5-6-14-29-23(28)24-16-20-17-26(22-11-13-25-27(22)18-20)21-9-7-19(8-10-21)12-15-30(2,3)4/h7-11,13,20H,5-6,14,16-18H2,1-4H3,(H,24,28). The van der Waals surface area contributed by atoms with Crippen LogP contribution in [0.2, 0.25) is 19.6 Å². The molecule has 30 heavy (non-hydrogen) atoms. The van der Waals surface area contributed by atoms with E-state index in [1.807, 2.05) is 16.9 Å². The number of aromatic nitrogens is 2. The van der Waals surface area contributed by atoms with Gasteiger partial charge in [-0.1, -0.05) is 38.9 Å². The lowest BCUT2D eigenvalue weighted by Crippen LogP contribution is -2.41. The highest BCUT2D eigenvalue weighted by molar-refractivity contribution is 6.83. The van der Waals surface area contributed by atoms with Crippen molar-refractivity contribution in [2.75, 3.05) is 24.6 Å². The number of rotatable bonds is 6. The molecule has 0 bridgehead atoms. The molecule has 0 fully saturated rings. The Morgan fingerprint density at radius 3 is 2.70 bits per heavy atom. The van der Waals surface area contributed by atoms with E-state index >= 15 is 0 Å². The summed E-state index contributed by atoms with van der Waals surface area (Å²) < 4.78 is 7.20. The first-order chi connectivity index (χ1) is 14.4. The van der Waals surface area contributed by atoms with Gasteiger partial charge in [0.2, 0.25) is 0 Å². The second-order valence-corrected chi connectivity index (χ2v) is 13.5. The molecule has 0 saturated carbocycles. The molecular formula is C23H32N4O2Si. The zero-order valence-electron chi connectivity index (χ0n) is 18.4. The van der Waals surface area contributed by atoms with Crippen LogP contribution >= 0.6 is 0 Å². The molecule has 0 radical (unpaired) electrons. The second kappa shape index (κ2) is 9.85. The van der Waals surface area contributed by atoms with Gasteiger partial charge in [0.1, 0.15) is 13.9 Å². The Morgan fingerprint density at radius 2 is 2.00 bits per heavy atom. The number of carbonyl (C=O) groups excluding carboxylic acids is 1. The molecule has 1 amide bonds. The van der Waals surface area contributed by atoms with Crippen LogP contribution in [0.5, 0.6) is 0 Å². The number of anilines is 2. The van der Waals surface area contributed by atoms with Crippen LogP contribution < -0.4 is 10.2 Å². The van der Waals surface area contributed by atoms with Gasteiger partial charge in [0, 0.05) is 42.9 Å². The van der Waals surface area contributed by atoms with Crippen LogP contribution in [-0.4, -0.2) is 43.6 Å². The monoisotopic (exact) mass is 424 g/mol. The average molecular weight is 425 g/mol. The quantitative estimate of drug-likeness (QED) is 0.424. The molecular weight excluding hydrogens is 392 g/mol. The summed E-state index contributed by atoms with van der Waals surface area (Å²) >= 11 is 0. The van der Waals surface area contributed by atoms with Crippen molar-refractivity contribution in [3.05, 3.63) is 42.1 Å². The second-order valence-electron chi connectivity index (χ2n) is 8.77. The summed E-state index contributed by atoms with van der Waals surface area (Å²) in [6, 6.07) is 10.4. The molecule has 0 spiro atoms. The minimum absolute atomic E-state index is 0.238. The molecule has 1 N–H and O–H groups in total. The fourth-order valence-corrected chi connectivity index (χ4v) is 3.81. The summed E-state index contributed by atoms with van der Waals surface area (Å²) in [6.07, 6.45) is 3.38. The molecule has 2 heterocycles. The van der Waals surface area contributed by atoms with Crippen molar-refractivity contribution in [2.24, 2.45) is 5.92 Å². The number of fused-ring (bicyclic) bond motifs is 1. The zero-order valence-corrected chi connectivity index (χ0v) is 19.4. The molecule has 0 aliphatic carbocycles. The molecule has 1 aliphatic heterocycles. The third-order valence-electron chi connectivity index (χ3n) is 4.87. The van der Waals surface area contributed by atoms with E-state index in [4.69, 9.17) is 4.74 Å². The maximum atomic E-state index is 11.9. The summed E-state index contributed by atoms with van der Waals surface area (Å²) in [5, 5.41) is 7.36. The average Bonchev–Trinajstić information content (AvgIpc) is 3.19. The third-order valence-corrected chi connectivity index (χ3v) is 5.74. The Kier molecular flexibility index (Phi) is 7.22. The van der Waals surface area contributed by atoms with Crippen molar-refractivity contribution in [3.63, 3.8) is 0 Å². The Balaban J connectivity index is 1.67. The number of hydrogen-bond acceptors (Lipinski definition) is 4. The van der Waals surface area contributed by atoms with Gasteiger partial charge in [-0.05, 0) is 30.7 Å². The van der Waals surface area contributed by atoms with Gasteiger partial charge >= 0.3 is 6.09 Å². The van der Waals surface area contributed by atoms with Gasteiger partial charge in [0.15, 0.2) is 0 Å². The van der Waals surface area contributed by atoms with Gasteiger partial charge in [0.25, 0.3) is 0 Å². The number of nitrogens with zero attached hydrogens (tertiary/aromatic N) is 3. The predicted molar refractivity (Wildman–Crippen MR) is 124 cm³/mol. The highest BCUT2D eigenvalue weighted by Crippen LogP contribution is 2.30. The van der Waals surface area contributed by atoms with Crippen molar-refractivity contribution >= 4 is 25.7 Å². The number of nitrogens with one attached hydrogen (secondary N) is 1. The Bertz CT molecular complexity index is 906. The van der Waals surface area contributed by atoms with Gasteiger partial charge in [-0.3, -0.25) is 0 Å². The summed E-state index contributed by atoms with van der Waals surface area (Å²) in [4.78, 5) is 14.1. The summed E-state index contributed by atoms with van der Waals surface area (Å²) in [5.41, 5.74) is 5.55. The lowest BCUT2D eigenvalue weighted by atomic mass is 10.1. The van der Waals surface area contributed by atoms with Gasteiger partial charge in [0.05, 0.1) is 12.8 Å². The number of hydrogen-bond donors (Lipinski definition) is 1. The minimum Gasteiger partial charge on any atom is -0.450 e. The lowest BCUT2D eigenvalue weighted by Gasteiger charge is -2.34. The van der Waals surface area contributed by atoms with Crippen molar-refractivity contribution < 1.29 is 9.53 Å². The van der Waals surface area contributed by atoms with Gasteiger partial charge in [-0.2, -0.15) is 5.10 Å². The molecule has 1 unspecified atom stereocenters. The van der Waals surface area contributed by atoms with Gasteiger partial charge in [-0.15, -0.1) is 5.54 Å². The molecule has 2 aromatic rings. The van der Waals surface area contributed by atoms with Crippen molar-refractivity contribution in [1.29, 1.82) is 0 Å². The summed E-state index contributed by atoms with van der Waals surface area (Å²) in [7, 11) is -1.39. The highest BCUT2D eigenvalue weighted by Gasteiger charge is 2.26. The molecule has 7 heteroatoms. The van der Waals surface area contributed by atoms with Crippen LogP contribution in [-0.2, 0) is 11.3 Å². The van der Waals surface area contributed by atoms with E-state index in [0.717, 1.165) is 43.0 Å².